The summed E-state index contributed by atoms with van der Waals surface area (Å²) >= 11 is 3.14. The van der Waals surface area contributed by atoms with E-state index in [4.69, 9.17) is 9.84 Å². The molecule has 0 saturated carbocycles. The van der Waals surface area contributed by atoms with Crippen LogP contribution in [0.15, 0.2) is 16.9 Å². The van der Waals surface area contributed by atoms with Gasteiger partial charge in [-0.1, -0.05) is 0 Å². The van der Waals surface area contributed by atoms with Crippen LogP contribution in [0, 0.1) is 0 Å². The van der Waals surface area contributed by atoms with Crippen molar-refractivity contribution in [3.63, 3.8) is 0 Å². The number of carbonyl (C=O) groups is 1. The minimum absolute atomic E-state index is 0.213. The van der Waals surface area contributed by atoms with Crippen molar-refractivity contribution in [1.82, 2.24) is 4.98 Å². The SMILES string of the molecule is CCOC(=O)c1c(CO)ccnc1Br. The van der Waals surface area contributed by atoms with Gasteiger partial charge in [-0.05, 0) is 34.5 Å². The minimum Gasteiger partial charge on any atom is -0.462 e. The van der Waals surface area contributed by atoms with Gasteiger partial charge in [-0.25, -0.2) is 9.78 Å². The number of aromatic nitrogens is 1. The van der Waals surface area contributed by atoms with Gasteiger partial charge in [0.2, 0.25) is 0 Å². The predicted octanol–water partition coefficient (Wildman–Crippen LogP) is 1.51. The van der Waals surface area contributed by atoms with E-state index in [0.717, 1.165) is 0 Å². The van der Waals surface area contributed by atoms with Crippen molar-refractivity contribution in [2.24, 2.45) is 0 Å². The molecular weight excluding hydrogens is 250 g/mol. The summed E-state index contributed by atoms with van der Waals surface area (Å²) in [7, 11) is 0. The Morgan fingerprint density at radius 3 is 3.00 bits per heavy atom. The van der Waals surface area contributed by atoms with Gasteiger partial charge in [0.1, 0.15) is 4.60 Å². The number of nitrogens with zero attached hydrogens (tertiary/aromatic N) is 1. The van der Waals surface area contributed by atoms with E-state index < -0.39 is 5.97 Å². The van der Waals surface area contributed by atoms with E-state index in [-0.39, 0.29) is 12.2 Å². The van der Waals surface area contributed by atoms with Gasteiger partial charge in [0.25, 0.3) is 0 Å². The maximum absolute atomic E-state index is 11.4. The second-order valence-electron chi connectivity index (χ2n) is 2.51. The maximum atomic E-state index is 11.4. The van der Waals surface area contributed by atoms with Crippen LogP contribution in [-0.2, 0) is 11.3 Å². The molecule has 1 aromatic heterocycles. The van der Waals surface area contributed by atoms with Gasteiger partial charge in [-0.3, -0.25) is 0 Å². The van der Waals surface area contributed by atoms with Crippen LogP contribution in [0.2, 0.25) is 0 Å². The van der Waals surface area contributed by atoms with E-state index >= 15 is 0 Å². The number of pyridine rings is 1. The zero-order valence-corrected chi connectivity index (χ0v) is 9.24. The lowest BCUT2D eigenvalue weighted by Crippen LogP contribution is -2.10. The molecule has 0 aliphatic carbocycles. The zero-order valence-electron chi connectivity index (χ0n) is 7.66. The van der Waals surface area contributed by atoms with Crippen LogP contribution >= 0.6 is 15.9 Å². The molecule has 1 heterocycles. The van der Waals surface area contributed by atoms with Crippen molar-refractivity contribution in [2.45, 2.75) is 13.5 Å². The Bertz CT molecular complexity index is 341. The number of aliphatic hydroxyl groups is 1. The summed E-state index contributed by atoms with van der Waals surface area (Å²) in [5.74, 6) is -0.475. The van der Waals surface area contributed by atoms with Crippen LogP contribution in [0.5, 0.6) is 0 Å². The molecule has 0 radical (unpaired) electrons. The highest BCUT2D eigenvalue weighted by molar-refractivity contribution is 9.10. The molecule has 0 atom stereocenters. The lowest BCUT2D eigenvalue weighted by molar-refractivity contribution is 0.0521. The molecule has 0 saturated heterocycles. The van der Waals surface area contributed by atoms with E-state index in [1.54, 1.807) is 13.0 Å². The average Bonchev–Trinajstić information content (AvgIpc) is 2.17. The molecule has 1 N–H and O–H groups in total. The van der Waals surface area contributed by atoms with Gasteiger partial charge < -0.3 is 9.84 Å². The topological polar surface area (TPSA) is 59.4 Å². The van der Waals surface area contributed by atoms with E-state index in [0.29, 0.717) is 16.8 Å². The van der Waals surface area contributed by atoms with Gasteiger partial charge in [0.15, 0.2) is 0 Å². The number of ether oxygens (including phenoxy) is 1. The summed E-state index contributed by atoms with van der Waals surface area (Å²) in [5, 5.41) is 9.00. The Balaban J connectivity index is 3.10. The highest BCUT2D eigenvalue weighted by atomic mass is 79.9. The Hall–Kier alpha value is -0.940. The molecular formula is C9H10BrNO3. The molecule has 1 aromatic rings. The Kier molecular flexibility index (Phi) is 4.03. The smallest absolute Gasteiger partial charge is 0.341 e. The number of halogens is 1. The Morgan fingerprint density at radius 1 is 1.71 bits per heavy atom. The second kappa shape index (κ2) is 5.07. The van der Waals surface area contributed by atoms with Crippen molar-refractivity contribution in [3.8, 4) is 0 Å². The number of esters is 1. The first-order chi connectivity index (χ1) is 6.70. The van der Waals surface area contributed by atoms with Gasteiger partial charge in [0.05, 0.1) is 18.8 Å². The summed E-state index contributed by atoms with van der Waals surface area (Å²) in [6.45, 7) is 1.81. The number of aliphatic hydroxyl groups excluding tert-OH is 1. The van der Waals surface area contributed by atoms with Crippen molar-refractivity contribution in [3.05, 3.63) is 28.0 Å². The van der Waals surface area contributed by atoms with Crippen LogP contribution in [0.1, 0.15) is 22.8 Å². The third-order valence-corrected chi connectivity index (χ3v) is 2.24. The van der Waals surface area contributed by atoms with Crippen molar-refractivity contribution >= 4 is 21.9 Å². The maximum Gasteiger partial charge on any atom is 0.341 e. The highest BCUT2D eigenvalue weighted by Crippen LogP contribution is 2.19. The molecule has 14 heavy (non-hydrogen) atoms. The molecule has 0 aromatic carbocycles. The molecule has 0 bridgehead atoms. The van der Waals surface area contributed by atoms with Crippen LogP contribution < -0.4 is 0 Å². The fourth-order valence-electron chi connectivity index (χ4n) is 1.02. The molecule has 0 aliphatic rings. The standard InChI is InChI=1S/C9H10BrNO3/c1-2-14-9(13)7-6(5-12)3-4-11-8(7)10/h3-4,12H,2,5H2,1H3. The first kappa shape index (κ1) is 11.1. The normalized spacial score (nSPS) is 9.93. The second-order valence-corrected chi connectivity index (χ2v) is 3.27. The molecule has 0 unspecified atom stereocenters. The minimum atomic E-state index is -0.475. The van der Waals surface area contributed by atoms with E-state index in [1.165, 1.54) is 6.20 Å². The molecule has 0 amide bonds. The Morgan fingerprint density at radius 2 is 2.43 bits per heavy atom. The predicted molar refractivity (Wildman–Crippen MR) is 53.8 cm³/mol. The van der Waals surface area contributed by atoms with E-state index in [2.05, 4.69) is 20.9 Å². The van der Waals surface area contributed by atoms with Crippen LogP contribution in [0.4, 0.5) is 0 Å². The molecule has 76 valence electrons. The first-order valence-electron chi connectivity index (χ1n) is 4.12. The zero-order chi connectivity index (χ0) is 10.6. The average molecular weight is 260 g/mol. The summed E-state index contributed by atoms with van der Waals surface area (Å²) in [4.78, 5) is 15.3. The van der Waals surface area contributed by atoms with Gasteiger partial charge in [-0.15, -0.1) is 0 Å². The lowest BCUT2D eigenvalue weighted by atomic mass is 10.1. The third-order valence-electron chi connectivity index (χ3n) is 1.64. The summed E-state index contributed by atoms with van der Waals surface area (Å²) in [6.07, 6.45) is 1.51. The van der Waals surface area contributed by atoms with Crippen LogP contribution in [-0.4, -0.2) is 22.7 Å². The first-order valence-corrected chi connectivity index (χ1v) is 4.91. The highest BCUT2D eigenvalue weighted by Gasteiger charge is 2.16. The summed E-state index contributed by atoms with van der Waals surface area (Å²) in [6, 6.07) is 1.58. The fourth-order valence-corrected chi connectivity index (χ4v) is 1.56. The monoisotopic (exact) mass is 259 g/mol. The number of carbonyl (C=O) groups excluding carboxylic acids is 1. The molecule has 5 heteroatoms. The summed E-state index contributed by atoms with van der Waals surface area (Å²) in [5.41, 5.74) is 0.794. The molecule has 0 spiro atoms. The third kappa shape index (κ3) is 2.30. The van der Waals surface area contributed by atoms with Gasteiger partial charge >= 0.3 is 5.97 Å². The number of hydrogen-bond donors (Lipinski definition) is 1. The summed E-state index contributed by atoms with van der Waals surface area (Å²) < 4.78 is 5.22. The van der Waals surface area contributed by atoms with Crippen LogP contribution in [0.3, 0.4) is 0 Å². The molecule has 4 nitrogen and oxygen atoms in total. The molecule has 1 rings (SSSR count). The van der Waals surface area contributed by atoms with Gasteiger partial charge in [-0.2, -0.15) is 0 Å². The van der Waals surface area contributed by atoms with Gasteiger partial charge in [0, 0.05) is 6.20 Å². The van der Waals surface area contributed by atoms with Crippen molar-refractivity contribution in [2.75, 3.05) is 6.61 Å². The Labute approximate surface area is 90.0 Å². The van der Waals surface area contributed by atoms with Crippen molar-refractivity contribution < 1.29 is 14.6 Å². The fraction of sp³-hybridized carbons (Fsp3) is 0.333. The number of rotatable bonds is 3. The quantitative estimate of drug-likeness (QED) is 0.661. The number of hydrogen-bond acceptors (Lipinski definition) is 4. The van der Waals surface area contributed by atoms with Crippen molar-refractivity contribution in [1.29, 1.82) is 0 Å². The molecule has 0 fully saturated rings. The van der Waals surface area contributed by atoms with E-state index in [1.807, 2.05) is 0 Å². The molecule has 0 aliphatic heterocycles. The van der Waals surface area contributed by atoms with Crippen LogP contribution in [0.25, 0.3) is 0 Å². The van der Waals surface area contributed by atoms with E-state index in [9.17, 15) is 4.79 Å². The lowest BCUT2D eigenvalue weighted by Gasteiger charge is -2.07. The largest absolute Gasteiger partial charge is 0.462 e.